The van der Waals surface area contributed by atoms with Crippen LogP contribution in [0.4, 0.5) is 0 Å². The van der Waals surface area contributed by atoms with Gasteiger partial charge in [0, 0.05) is 32.4 Å². The minimum absolute atomic E-state index is 0.0820. The molecule has 0 aliphatic heterocycles. The fourth-order valence-electron chi connectivity index (χ4n) is 4.52. The van der Waals surface area contributed by atoms with Gasteiger partial charge in [-0.15, -0.1) is 0 Å². The third-order valence-corrected chi connectivity index (χ3v) is 6.81. The van der Waals surface area contributed by atoms with Crippen LogP contribution in [0, 0.1) is 5.41 Å². The van der Waals surface area contributed by atoms with E-state index in [0.717, 1.165) is 25.9 Å². The van der Waals surface area contributed by atoms with Gasteiger partial charge in [-0.3, -0.25) is 0 Å². The molecule has 0 rings (SSSR count). The Morgan fingerprint density at radius 3 is 1.56 bits per heavy atom. The van der Waals surface area contributed by atoms with Crippen molar-refractivity contribution in [3.8, 4) is 0 Å². The van der Waals surface area contributed by atoms with Gasteiger partial charge in [-0.05, 0) is 76.7 Å². The molecule has 0 saturated heterocycles. The normalized spacial score (nSPS) is 13.3. The highest BCUT2D eigenvalue weighted by molar-refractivity contribution is 4.81. The second-order valence-electron chi connectivity index (χ2n) is 9.70. The zero-order chi connectivity index (χ0) is 23.8. The van der Waals surface area contributed by atoms with Gasteiger partial charge in [0.05, 0.1) is 0 Å². The van der Waals surface area contributed by atoms with Crippen LogP contribution in [-0.2, 0) is 0 Å². The Bertz CT molecular complexity index is 387. The van der Waals surface area contributed by atoms with E-state index in [-0.39, 0.29) is 25.2 Å². The molecule has 0 aromatic heterocycles. The van der Waals surface area contributed by atoms with Crippen LogP contribution in [0.15, 0.2) is 12.2 Å². The average Bonchev–Trinajstić information content (AvgIpc) is 2.78. The molecule has 192 valence electrons. The van der Waals surface area contributed by atoms with Gasteiger partial charge in [-0.1, -0.05) is 63.5 Å². The Balaban J connectivity index is 3.50. The number of aliphatic hydroxyl groups is 3. The number of rotatable bonds is 25. The van der Waals surface area contributed by atoms with Crippen LogP contribution in [0.25, 0.3) is 0 Å². The molecule has 0 aromatic carbocycles. The summed E-state index contributed by atoms with van der Waals surface area (Å²) >= 11 is 0. The van der Waals surface area contributed by atoms with Crippen molar-refractivity contribution in [3.63, 3.8) is 0 Å². The van der Waals surface area contributed by atoms with Gasteiger partial charge >= 0.3 is 0 Å². The smallest absolute Gasteiger partial charge is 0.0436 e. The van der Waals surface area contributed by atoms with Gasteiger partial charge in [-0.2, -0.15) is 0 Å². The molecule has 0 aromatic rings. The summed E-state index contributed by atoms with van der Waals surface area (Å²) in [7, 11) is 0. The zero-order valence-electron chi connectivity index (χ0n) is 21.2. The molecule has 0 amide bonds. The highest BCUT2D eigenvalue weighted by Gasteiger charge is 2.27. The molecule has 5 heteroatoms. The first-order valence-corrected chi connectivity index (χ1v) is 13.5. The first kappa shape index (κ1) is 31.5. The molecule has 0 saturated carbocycles. The fourth-order valence-corrected chi connectivity index (χ4v) is 4.52. The van der Waals surface area contributed by atoms with E-state index in [1.54, 1.807) is 0 Å². The predicted octanol–water partition coefficient (Wildman–Crippen LogP) is 5.07. The van der Waals surface area contributed by atoms with Crippen LogP contribution in [0.3, 0.4) is 0 Å². The average molecular weight is 457 g/mol. The highest BCUT2D eigenvalue weighted by atomic mass is 16.3. The fraction of sp³-hybridized carbons (Fsp3) is 0.926. The van der Waals surface area contributed by atoms with Crippen molar-refractivity contribution in [1.29, 1.82) is 0 Å². The summed E-state index contributed by atoms with van der Waals surface area (Å²) in [6, 6.07) is 0.444. The third-order valence-electron chi connectivity index (χ3n) is 6.81. The maximum atomic E-state index is 9.35. The molecule has 0 spiro atoms. The number of nitrogens with two attached hydrogens (primary N) is 1. The highest BCUT2D eigenvalue weighted by Crippen LogP contribution is 2.36. The third kappa shape index (κ3) is 19.0. The van der Waals surface area contributed by atoms with Crippen LogP contribution in [0.2, 0.25) is 0 Å². The van der Waals surface area contributed by atoms with Crippen molar-refractivity contribution in [2.75, 3.05) is 32.9 Å². The molecule has 32 heavy (non-hydrogen) atoms. The van der Waals surface area contributed by atoms with Crippen LogP contribution in [0.5, 0.6) is 0 Å². The minimum atomic E-state index is -0.0820. The first-order chi connectivity index (χ1) is 15.6. The van der Waals surface area contributed by atoms with E-state index >= 15 is 0 Å². The van der Waals surface area contributed by atoms with Gasteiger partial charge < -0.3 is 26.4 Å². The summed E-state index contributed by atoms with van der Waals surface area (Å²) in [4.78, 5) is 0. The molecule has 0 bridgehead atoms. The van der Waals surface area contributed by atoms with Crippen LogP contribution < -0.4 is 11.1 Å². The standard InChI is InChI=1S/C27H56N2O3/c1-26(25-28)29-21-16-14-12-10-8-6-4-2-3-5-7-9-11-13-15-17-27(18-22-30,19-23-31)20-24-32/h2-3,26,29-32H,4-25,28H2,1H3/b3-2-. The van der Waals surface area contributed by atoms with E-state index in [4.69, 9.17) is 5.73 Å². The van der Waals surface area contributed by atoms with Crippen LogP contribution >= 0.6 is 0 Å². The summed E-state index contributed by atoms with van der Waals surface area (Å²) in [6.07, 6.45) is 24.3. The number of nitrogens with one attached hydrogen (secondary N) is 1. The lowest BCUT2D eigenvalue weighted by molar-refractivity contribution is 0.0885. The quantitative estimate of drug-likeness (QED) is 0.0975. The molecule has 1 atom stereocenters. The summed E-state index contributed by atoms with van der Waals surface area (Å²) in [6.45, 7) is 4.37. The molecule has 0 heterocycles. The number of hydrogen-bond acceptors (Lipinski definition) is 5. The molecule has 0 aliphatic rings. The molecule has 0 aliphatic carbocycles. The summed E-state index contributed by atoms with van der Waals surface area (Å²) in [5, 5.41) is 31.5. The molecule has 0 fully saturated rings. The number of unbranched alkanes of at least 4 members (excludes halogenated alkanes) is 11. The van der Waals surface area contributed by atoms with E-state index in [0.29, 0.717) is 25.3 Å². The number of hydrogen-bond donors (Lipinski definition) is 5. The van der Waals surface area contributed by atoms with E-state index in [2.05, 4.69) is 24.4 Å². The van der Waals surface area contributed by atoms with Gasteiger partial charge in [0.15, 0.2) is 0 Å². The van der Waals surface area contributed by atoms with E-state index < -0.39 is 0 Å². The lowest BCUT2D eigenvalue weighted by Crippen LogP contribution is -2.33. The van der Waals surface area contributed by atoms with Gasteiger partial charge in [0.25, 0.3) is 0 Å². The van der Waals surface area contributed by atoms with Crippen molar-refractivity contribution >= 4 is 0 Å². The van der Waals surface area contributed by atoms with Crippen LogP contribution in [0.1, 0.15) is 116 Å². The SMILES string of the molecule is CC(CN)NCCCCCCCC/C=C\CCCCCCCC(CCO)(CCO)CCO. The monoisotopic (exact) mass is 456 g/mol. The van der Waals surface area contributed by atoms with Crippen molar-refractivity contribution in [3.05, 3.63) is 12.2 Å². The van der Waals surface area contributed by atoms with Gasteiger partial charge in [0.2, 0.25) is 0 Å². The lowest BCUT2D eigenvalue weighted by atomic mass is 9.74. The van der Waals surface area contributed by atoms with Gasteiger partial charge in [0.1, 0.15) is 0 Å². The zero-order valence-corrected chi connectivity index (χ0v) is 21.2. The molecular formula is C27H56N2O3. The largest absolute Gasteiger partial charge is 0.396 e. The molecule has 0 radical (unpaired) electrons. The van der Waals surface area contributed by atoms with Gasteiger partial charge in [-0.25, -0.2) is 0 Å². The second kappa shape index (κ2) is 23.7. The van der Waals surface area contributed by atoms with E-state index in [1.807, 2.05) is 0 Å². The Kier molecular flexibility index (Phi) is 23.3. The first-order valence-electron chi connectivity index (χ1n) is 13.5. The summed E-state index contributed by atoms with van der Waals surface area (Å²) in [5.41, 5.74) is 5.51. The van der Waals surface area contributed by atoms with Crippen LogP contribution in [-0.4, -0.2) is 54.3 Å². The Morgan fingerprint density at radius 1 is 0.656 bits per heavy atom. The Labute approximate surface area is 199 Å². The maximum absolute atomic E-state index is 9.35. The van der Waals surface area contributed by atoms with E-state index in [9.17, 15) is 15.3 Å². The van der Waals surface area contributed by atoms with Crippen molar-refractivity contribution in [2.45, 2.75) is 122 Å². The van der Waals surface area contributed by atoms with Crippen molar-refractivity contribution in [1.82, 2.24) is 5.32 Å². The topological polar surface area (TPSA) is 98.7 Å². The van der Waals surface area contributed by atoms with E-state index in [1.165, 1.54) is 77.0 Å². The maximum Gasteiger partial charge on any atom is 0.0436 e. The predicted molar refractivity (Wildman–Crippen MR) is 138 cm³/mol. The van der Waals surface area contributed by atoms with Crippen molar-refractivity contribution < 1.29 is 15.3 Å². The lowest BCUT2D eigenvalue weighted by Gasteiger charge is -2.32. The molecular weight excluding hydrogens is 400 g/mol. The molecule has 1 unspecified atom stereocenters. The Morgan fingerprint density at radius 2 is 1.09 bits per heavy atom. The summed E-state index contributed by atoms with van der Waals surface area (Å²) < 4.78 is 0. The summed E-state index contributed by atoms with van der Waals surface area (Å²) in [5.74, 6) is 0. The van der Waals surface area contributed by atoms with Crippen molar-refractivity contribution in [2.24, 2.45) is 11.1 Å². The molecule has 5 nitrogen and oxygen atoms in total. The number of allylic oxidation sites excluding steroid dienone is 2. The Hall–Kier alpha value is -0.460. The second-order valence-corrected chi connectivity index (χ2v) is 9.70. The minimum Gasteiger partial charge on any atom is -0.396 e. The molecule has 6 N–H and O–H groups in total. The number of aliphatic hydroxyl groups excluding tert-OH is 3.